The zero-order valence-corrected chi connectivity index (χ0v) is 12.2. The second kappa shape index (κ2) is 4.31. The molecule has 5 nitrogen and oxygen atoms in total. The molecule has 5 N–H and O–H groups in total. The standard InChI is InChI=1S/C15H21N5/c1-8-6-9(2)12(10(3)7-8)13-18-14(16)20-15(17,19-13)11-4-5-11/h6-7,11H,4-5,17H2,1-3H3,(H3,16,18,19,20). The molecule has 0 saturated heterocycles. The van der Waals surface area contributed by atoms with Gasteiger partial charge in [-0.25, -0.2) is 9.98 Å². The number of benzene rings is 1. The first-order chi connectivity index (χ1) is 9.39. The lowest BCUT2D eigenvalue weighted by molar-refractivity contribution is 0.401. The quantitative estimate of drug-likeness (QED) is 0.757. The van der Waals surface area contributed by atoms with Gasteiger partial charge in [0.25, 0.3) is 0 Å². The van der Waals surface area contributed by atoms with E-state index < -0.39 is 5.79 Å². The molecule has 0 bridgehead atoms. The second-order valence-electron chi connectivity index (χ2n) is 5.91. The molecule has 3 rings (SSSR count). The van der Waals surface area contributed by atoms with Crippen LogP contribution in [-0.2, 0) is 0 Å². The Balaban J connectivity index is 2.08. The normalized spacial score (nSPS) is 25.8. The van der Waals surface area contributed by atoms with E-state index in [0.717, 1.165) is 24.2 Å². The van der Waals surface area contributed by atoms with E-state index in [1.54, 1.807) is 0 Å². The summed E-state index contributed by atoms with van der Waals surface area (Å²) in [7, 11) is 0. The van der Waals surface area contributed by atoms with E-state index >= 15 is 0 Å². The van der Waals surface area contributed by atoms with Crippen LogP contribution in [0.15, 0.2) is 22.1 Å². The number of nitrogens with zero attached hydrogens (tertiary/aromatic N) is 2. The molecule has 0 radical (unpaired) electrons. The average molecular weight is 271 g/mol. The van der Waals surface area contributed by atoms with Gasteiger partial charge in [0.2, 0.25) is 5.79 Å². The summed E-state index contributed by atoms with van der Waals surface area (Å²) in [6.07, 6.45) is 2.13. The van der Waals surface area contributed by atoms with Crippen LogP contribution in [0.4, 0.5) is 0 Å². The highest BCUT2D eigenvalue weighted by Crippen LogP contribution is 2.40. The Kier molecular flexibility index (Phi) is 2.83. The third-order valence-electron chi connectivity index (χ3n) is 3.93. The smallest absolute Gasteiger partial charge is 0.210 e. The summed E-state index contributed by atoms with van der Waals surface area (Å²) in [5, 5.41) is 3.07. The van der Waals surface area contributed by atoms with Crippen LogP contribution >= 0.6 is 0 Å². The number of nitrogens with one attached hydrogen (secondary N) is 1. The van der Waals surface area contributed by atoms with Gasteiger partial charge in [-0.1, -0.05) is 17.7 Å². The molecule has 0 amide bonds. The molecule has 1 aromatic rings. The van der Waals surface area contributed by atoms with Gasteiger partial charge in [-0.05, 0) is 44.7 Å². The summed E-state index contributed by atoms with van der Waals surface area (Å²) in [4.78, 5) is 8.97. The van der Waals surface area contributed by atoms with Gasteiger partial charge in [0, 0.05) is 11.5 Å². The van der Waals surface area contributed by atoms with Crippen molar-refractivity contribution >= 4 is 11.8 Å². The minimum atomic E-state index is -0.894. The Morgan fingerprint density at radius 3 is 2.30 bits per heavy atom. The number of guanidine groups is 1. The Morgan fingerprint density at radius 2 is 1.75 bits per heavy atom. The fourth-order valence-electron chi connectivity index (χ4n) is 2.94. The molecule has 5 heteroatoms. The maximum absolute atomic E-state index is 6.32. The monoisotopic (exact) mass is 271 g/mol. The number of amidine groups is 1. The van der Waals surface area contributed by atoms with Gasteiger partial charge in [-0.2, -0.15) is 0 Å². The van der Waals surface area contributed by atoms with Gasteiger partial charge in [-0.3, -0.25) is 5.73 Å². The third-order valence-corrected chi connectivity index (χ3v) is 3.93. The number of aryl methyl sites for hydroxylation is 3. The molecule has 1 aliphatic heterocycles. The zero-order valence-electron chi connectivity index (χ0n) is 12.2. The molecule has 1 atom stereocenters. The fraction of sp³-hybridized carbons (Fsp3) is 0.467. The largest absolute Gasteiger partial charge is 0.370 e. The minimum absolute atomic E-state index is 0.309. The molecule has 1 aliphatic carbocycles. The number of hydrogen-bond acceptors (Lipinski definition) is 5. The highest BCUT2D eigenvalue weighted by atomic mass is 15.3. The summed E-state index contributed by atoms with van der Waals surface area (Å²) in [6, 6.07) is 4.29. The fourth-order valence-corrected chi connectivity index (χ4v) is 2.94. The van der Waals surface area contributed by atoms with Crippen molar-refractivity contribution in [1.82, 2.24) is 5.32 Å². The van der Waals surface area contributed by atoms with E-state index in [1.807, 2.05) is 0 Å². The van der Waals surface area contributed by atoms with Crippen LogP contribution < -0.4 is 16.8 Å². The predicted molar refractivity (Wildman–Crippen MR) is 81.6 cm³/mol. The van der Waals surface area contributed by atoms with E-state index in [0.29, 0.717) is 11.9 Å². The number of rotatable bonds is 2. The van der Waals surface area contributed by atoms with Crippen molar-refractivity contribution in [2.75, 3.05) is 0 Å². The lowest BCUT2D eigenvalue weighted by Gasteiger charge is -2.28. The van der Waals surface area contributed by atoms with E-state index in [9.17, 15) is 0 Å². The Bertz CT molecular complexity index is 604. The lowest BCUT2D eigenvalue weighted by atomic mass is 9.98. The van der Waals surface area contributed by atoms with Crippen LogP contribution in [0.2, 0.25) is 0 Å². The third kappa shape index (κ3) is 2.18. The van der Waals surface area contributed by atoms with Crippen molar-refractivity contribution in [3.05, 3.63) is 34.4 Å². The van der Waals surface area contributed by atoms with Gasteiger partial charge in [0.1, 0.15) is 5.84 Å². The highest BCUT2D eigenvalue weighted by Gasteiger charge is 2.44. The first-order valence-electron chi connectivity index (χ1n) is 6.98. The molecule has 0 aromatic heterocycles. The summed E-state index contributed by atoms with van der Waals surface area (Å²) in [6.45, 7) is 6.25. The van der Waals surface area contributed by atoms with Crippen molar-refractivity contribution < 1.29 is 0 Å². The topological polar surface area (TPSA) is 88.8 Å². The molecule has 1 unspecified atom stereocenters. The molecule has 20 heavy (non-hydrogen) atoms. The molecule has 1 fully saturated rings. The molecular formula is C15H21N5. The van der Waals surface area contributed by atoms with Crippen LogP contribution in [0.25, 0.3) is 0 Å². The van der Waals surface area contributed by atoms with E-state index in [1.165, 1.54) is 16.7 Å². The van der Waals surface area contributed by atoms with Gasteiger partial charge < -0.3 is 11.1 Å². The number of hydrogen-bond donors (Lipinski definition) is 3. The van der Waals surface area contributed by atoms with Crippen LogP contribution in [0.1, 0.15) is 35.1 Å². The molecule has 2 aliphatic rings. The second-order valence-corrected chi connectivity index (χ2v) is 5.91. The Hall–Kier alpha value is -1.88. The van der Waals surface area contributed by atoms with Crippen molar-refractivity contribution in [3.8, 4) is 0 Å². The zero-order chi connectivity index (χ0) is 14.5. The summed E-state index contributed by atoms with van der Waals surface area (Å²) < 4.78 is 0. The Morgan fingerprint density at radius 1 is 1.15 bits per heavy atom. The van der Waals surface area contributed by atoms with Gasteiger partial charge in [-0.15, -0.1) is 0 Å². The molecule has 0 spiro atoms. The van der Waals surface area contributed by atoms with Crippen molar-refractivity contribution in [2.24, 2.45) is 27.4 Å². The first kappa shape index (κ1) is 13.1. The minimum Gasteiger partial charge on any atom is -0.370 e. The van der Waals surface area contributed by atoms with Crippen LogP contribution in [-0.4, -0.2) is 17.6 Å². The molecule has 1 aromatic carbocycles. The number of nitrogens with two attached hydrogens (primary N) is 2. The summed E-state index contributed by atoms with van der Waals surface area (Å²) in [5.41, 5.74) is 16.9. The first-order valence-corrected chi connectivity index (χ1v) is 6.98. The van der Waals surface area contributed by atoms with Crippen LogP contribution in [0.3, 0.4) is 0 Å². The highest BCUT2D eigenvalue weighted by molar-refractivity contribution is 6.11. The van der Waals surface area contributed by atoms with Crippen molar-refractivity contribution in [1.29, 1.82) is 0 Å². The average Bonchev–Trinajstić information content (AvgIpc) is 3.09. The Labute approximate surface area is 119 Å². The van der Waals surface area contributed by atoms with Crippen LogP contribution in [0.5, 0.6) is 0 Å². The predicted octanol–water partition coefficient (Wildman–Crippen LogP) is 1.30. The summed E-state index contributed by atoms with van der Waals surface area (Å²) >= 11 is 0. The number of aliphatic imine (C=N–C) groups is 2. The van der Waals surface area contributed by atoms with Gasteiger partial charge >= 0.3 is 0 Å². The molecule has 1 heterocycles. The van der Waals surface area contributed by atoms with Crippen molar-refractivity contribution in [2.45, 2.75) is 39.4 Å². The van der Waals surface area contributed by atoms with E-state index in [2.05, 4.69) is 48.2 Å². The van der Waals surface area contributed by atoms with Gasteiger partial charge in [0.05, 0.1) is 0 Å². The SMILES string of the molecule is Cc1cc(C)c(C2=NC(N)(C3CC3)N=C(N)N2)c(C)c1. The van der Waals surface area contributed by atoms with Crippen molar-refractivity contribution in [3.63, 3.8) is 0 Å². The maximum Gasteiger partial charge on any atom is 0.210 e. The molecule has 106 valence electrons. The lowest BCUT2D eigenvalue weighted by Crippen LogP contribution is -2.51. The maximum atomic E-state index is 6.32. The molecular weight excluding hydrogens is 250 g/mol. The van der Waals surface area contributed by atoms with E-state index in [-0.39, 0.29) is 0 Å². The molecule has 1 saturated carbocycles. The van der Waals surface area contributed by atoms with Gasteiger partial charge in [0.15, 0.2) is 5.96 Å². The van der Waals surface area contributed by atoms with E-state index in [4.69, 9.17) is 11.5 Å². The summed E-state index contributed by atoms with van der Waals surface area (Å²) in [5.74, 6) is 0.504. The van der Waals surface area contributed by atoms with Crippen LogP contribution in [0, 0.1) is 26.7 Å².